The third-order valence-corrected chi connectivity index (χ3v) is 4.41. The number of anilines is 1. The number of hydrogen-bond donors (Lipinski definition) is 2. The molecule has 4 nitrogen and oxygen atoms in total. The molecule has 2 aromatic rings. The SMILES string of the molecule is COc1cc(Cl)c(C)cc1NC(=O)CCNCCc1cccc(Cl)c1. The highest BCUT2D eigenvalue weighted by molar-refractivity contribution is 6.31. The molecule has 0 aliphatic heterocycles. The van der Waals surface area contributed by atoms with Crippen LogP contribution in [0.2, 0.25) is 10.0 Å². The normalized spacial score (nSPS) is 10.6. The Bertz CT molecular complexity index is 735. The van der Waals surface area contributed by atoms with Crippen molar-refractivity contribution in [2.75, 3.05) is 25.5 Å². The van der Waals surface area contributed by atoms with E-state index in [-0.39, 0.29) is 5.91 Å². The maximum atomic E-state index is 12.1. The summed E-state index contributed by atoms with van der Waals surface area (Å²) in [6.45, 7) is 3.27. The van der Waals surface area contributed by atoms with E-state index in [4.69, 9.17) is 27.9 Å². The molecule has 0 atom stereocenters. The largest absolute Gasteiger partial charge is 0.495 e. The number of amides is 1. The Balaban J connectivity index is 1.75. The molecular weight excluding hydrogens is 359 g/mol. The number of aryl methyl sites for hydroxylation is 1. The Kier molecular flexibility index (Phi) is 7.56. The van der Waals surface area contributed by atoms with Crippen LogP contribution in [0.5, 0.6) is 5.75 Å². The van der Waals surface area contributed by atoms with Gasteiger partial charge in [-0.1, -0.05) is 35.3 Å². The van der Waals surface area contributed by atoms with Gasteiger partial charge < -0.3 is 15.4 Å². The monoisotopic (exact) mass is 380 g/mol. The van der Waals surface area contributed by atoms with Gasteiger partial charge in [0.1, 0.15) is 5.75 Å². The predicted octanol–water partition coefficient (Wildman–Crippen LogP) is 4.47. The molecule has 0 saturated carbocycles. The molecule has 0 aliphatic rings. The Morgan fingerprint density at radius 3 is 2.68 bits per heavy atom. The topological polar surface area (TPSA) is 50.4 Å². The van der Waals surface area contributed by atoms with Crippen molar-refractivity contribution in [2.24, 2.45) is 0 Å². The molecular formula is C19H22Cl2N2O2. The summed E-state index contributed by atoms with van der Waals surface area (Å²) in [6, 6.07) is 11.3. The smallest absolute Gasteiger partial charge is 0.225 e. The molecule has 6 heteroatoms. The highest BCUT2D eigenvalue weighted by Gasteiger charge is 2.10. The van der Waals surface area contributed by atoms with Crippen molar-refractivity contribution < 1.29 is 9.53 Å². The van der Waals surface area contributed by atoms with Crippen molar-refractivity contribution in [3.63, 3.8) is 0 Å². The Morgan fingerprint density at radius 1 is 1.16 bits per heavy atom. The van der Waals surface area contributed by atoms with Crippen molar-refractivity contribution in [1.82, 2.24) is 5.32 Å². The van der Waals surface area contributed by atoms with E-state index in [9.17, 15) is 4.79 Å². The first-order valence-corrected chi connectivity index (χ1v) is 8.84. The van der Waals surface area contributed by atoms with Gasteiger partial charge in [-0.15, -0.1) is 0 Å². The minimum Gasteiger partial charge on any atom is -0.495 e. The number of nitrogens with one attached hydrogen (secondary N) is 2. The summed E-state index contributed by atoms with van der Waals surface area (Å²) in [5.41, 5.74) is 2.69. The van der Waals surface area contributed by atoms with E-state index in [1.54, 1.807) is 13.2 Å². The van der Waals surface area contributed by atoms with Gasteiger partial charge in [0, 0.05) is 29.1 Å². The average Bonchev–Trinajstić information content (AvgIpc) is 2.57. The molecule has 2 aromatic carbocycles. The van der Waals surface area contributed by atoms with Gasteiger partial charge >= 0.3 is 0 Å². The number of hydrogen-bond acceptors (Lipinski definition) is 3. The van der Waals surface area contributed by atoms with Crippen LogP contribution in [0.15, 0.2) is 36.4 Å². The molecule has 0 saturated heterocycles. The Hall–Kier alpha value is -1.75. The molecule has 0 heterocycles. The maximum Gasteiger partial charge on any atom is 0.225 e. The third kappa shape index (κ3) is 6.24. The molecule has 2 rings (SSSR count). The third-order valence-electron chi connectivity index (χ3n) is 3.76. The van der Waals surface area contributed by atoms with Gasteiger partial charge in [-0.25, -0.2) is 0 Å². The van der Waals surface area contributed by atoms with Crippen molar-refractivity contribution in [3.8, 4) is 5.75 Å². The van der Waals surface area contributed by atoms with E-state index in [0.29, 0.717) is 29.4 Å². The second-order valence-electron chi connectivity index (χ2n) is 5.73. The van der Waals surface area contributed by atoms with Gasteiger partial charge in [-0.2, -0.15) is 0 Å². The summed E-state index contributed by atoms with van der Waals surface area (Å²) in [5, 5.41) is 7.48. The first kappa shape index (κ1) is 19.6. The molecule has 0 radical (unpaired) electrons. The quantitative estimate of drug-likeness (QED) is 0.664. The van der Waals surface area contributed by atoms with Crippen molar-refractivity contribution in [3.05, 3.63) is 57.6 Å². The minimum atomic E-state index is -0.0738. The lowest BCUT2D eigenvalue weighted by Crippen LogP contribution is -2.23. The van der Waals surface area contributed by atoms with Crippen molar-refractivity contribution in [2.45, 2.75) is 19.8 Å². The summed E-state index contributed by atoms with van der Waals surface area (Å²) >= 11 is 12.0. The van der Waals surface area contributed by atoms with E-state index in [2.05, 4.69) is 10.6 Å². The fraction of sp³-hybridized carbons (Fsp3) is 0.316. The molecule has 25 heavy (non-hydrogen) atoms. The van der Waals surface area contributed by atoms with Crippen LogP contribution in [0.4, 0.5) is 5.69 Å². The van der Waals surface area contributed by atoms with E-state index in [0.717, 1.165) is 23.6 Å². The van der Waals surface area contributed by atoms with Crippen LogP contribution >= 0.6 is 23.2 Å². The number of ether oxygens (including phenoxy) is 1. The van der Waals surface area contributed by atoms with Crippen LogP contribution in [0.3, 0.4) is 0 Å². The van der Waals surface area contributed by atoms with Gasteiger partial charge in [-0.3, -0.25) is 4.79 Å². The molecule has 0 fully saturated rings. The van der Waals surface area contributed by atoms with Crippen LogP contribution in [0, 0.1) is 6.92 Å². The fourth-order valence-corrected chi connectivity index (χ4v) is 2.76. The molecule has 0 aromatic heterocycles. The van der Waals surface area contributed by atoms with Crippen LogP contribution in [0.1, 0.15) is 17.5 Å². The zero-order valence-electron chi connectivity index (χ0n) is 14.4. The maximum absolute atomic E-state index is 12.1. The highest BCUT2D eigenvalue weighted by atomic mass is 35.5. The molecule has 0 bridgehead atoms. The molecule has 0 unspecified atom stereocenters. The summed E-state index contributed by atoms with van der Waals surface area (Å²) in [7, 11) is 1.55. The molecule has 0 aliphatic carbocycles. The van der Waals surface area contributed by atoms with E-state index in [1.807, 2.05) is 37.3 Å². The molecule has 2 N–H and O–H groups in total. The zero-order chi connectivity index (χ0) is 18.2. The van der Waals surface area contributed by atoms with Crippen LogP contribution < -0.4 is 15.4 Å². The lowest BCUT2D eigenvalue weighted by molar-refractivity contribution is -0.116. The Labute approximate surface area is 158 Å². The second kappa shape index (κ2) is 9.66. The van der Waals surface area contributed by atoms with Crippen molar-refractivity contribution in [1.29, 1.82) is 0 Å². The lowest BCUT2D eigenvalue weighted by atomic mass is 10.1. The van der Waals surface area contributed by atoms with Gasteiger partial charge in [0.2, 0.25) is 5.91 Å². The van der Waals surface area contributed by atoms with E-state index in [1.165, 1.54) is 5.56 Å². The van der Waals surface area contributed by atoms with Crippen LogP contribution in [-0.4, -0.2) is 26.1 Å². The van der Waals surface area contributed by atoms with Crippen LogP contribution in [-0.2, 0) is 11.2 Å². The van der Waals surface area contributed by atoms with Gasteiger partial charge in [-0.05, 0) is 49.2 Å². The van der Waals surface area contributed by atoms with Crippen molar-refractivity contribution >= 4 is 34.8 Å². The number of halogens is 2. The second-order valence-corrected chi connectivity index (χ2v) is 6.57. The van der Waals surface area contributed by atoms with Crippen LogP contribution in [0.25, 0.3) is 0 Å². The summed E-state index contributed by atoms with van der Waals surface area (Å²) in [5.74, 6) is 0.480. The lowest BCUT2D eigenvalue weighted by Gasteiger charge is -2.12. The standard InChI is InChI=1S/C19H22Cl2N2O2/c1-13-10-17(18(25-2)12-16(13)21)23-19(24)7-9-22-8-6-14-4-3-5-15(20)11-14/h3-5,10-12,22H,6-9H2,1-2H3,(H,23,24). The van der Waals surface area contributed by atoms with E-state index >= 15 is 0 Å². The number of benzene rings is 2. The average molecular weight is 381 g/mol. The minimum absolute atomic E-state index is 0.0738. The molecule has 1 amide bonds. The first-order valence-electron chi connectivity index (χ1n) is 8.08. The summed E-state index contributed by atoms with van der Waals surface area (Å²) in [4.78, 5) is 12.1. The molecule has 134 valence electrons. The van der Waals surface area contributed by atoms with Gasteiger partial charge in [0.25, 0.3) is 0 Å². The number of methoxy groups -OCH3 is 1. The van der Waals surface area contributed by atoms with Gasteiger partial charge in [0.05, 0.1) is 12.8 Å². The Morgan fingerprint density at radius 2 is 1.96 bits per heavy atom. The zero-order valence-corrected chi connectivity index (χ0v) is 15.9. The number of rotatable bonds is 8. The van der Waals surface area contributed by atoms with Gasteiger partial charge in [0.15, 0.2) is 0 Å². The number of carbonyl (C=O) groups excluding carboxylic acids is 1. The predicted molar refractivity (Wildman–Crippen MR) is 104 cm³/mol. The summed E-state index contributed by atoms with van der Waals surface area (Å²) < 4.78 is 5.26. The fourth-order valence-electron chi connectivity index (χ4n) is 2.39. The summed E-state index contributed by atoms with van der Waals surface area (Å²) in [6.07, 6.45) is 1.24. The van der Waals surface area contributed by atoms with E-state index < -0.39 is 0 Å². The molecule has 0 spiro atoms. The number of carbonyl (C=O) groups is 1. The first-order chi connectivity index (χ1) is 12.0. The highest BCUT2D eigenvalue weighted by Crippen LogP contribution is 2.30.